The molecule has 1 aliphatic heterocycles. The van der Waals surface area contributed by atoms with Crippen LogP contribution >= 0.6 is 0 Å². The molecule has 162 valence electrons. The number of rotatable bonds is 14. The molecule has 27 heavy (non-hydrogen) atoms. The van der Waals surface area contributed by atoms with E-state index in [1.807, 2.05) is 0 Å². The van der Waals surface area contributed by atoms with E-state index in [-0.39, 0.29) is 17.1 Å². The van der Waals surface area contributed by atoms with Crippen molar-refractivity contribution < 1.29 is 18.7 Å². The predicted octanol–water partition coefficient (Wildman–Crippen LogP) is 5.34. The lowest BCUT2D eigenvalue weighted by Gasteiger charge is -2.43. The van der Waals surface area contributed by atoms with Crippen molar-refractivity contribution in [1.29, 1.82) is 0 Å². The van der Waals surface area contributed by atoms with Gasteiger partial charge in [-0.1, -0.05) is 38.9 Å². The van der Waals surface area contributed by atoms with E-state index in [9.17, 15) is 0 Å². The molecule has 1 heterocycles. The second-order valence-electron chi connectivity index (χ2n) is 10.5. The zero-order valence-corrected chi connectivity index (χ0v) is 22.5. The Hall–Kier alpha value is 0.491. The Morgan fingerprint density at radius 2 is 1.70 bits per heavy atom. The van der Waals surface area contributed by atoms with E-state index in [0.717, 1.165) is 19.1 Å². The Balaban J connectivity index is 2.64. The normalized spacial score (nSPS) is 26.4. The summed E-state index contributed by atoms with van der Waals surface area (Å²) in [7, 11) is -5.02. The van der Waals surface area contributed by atoms with Gasteiger partial charge in [0.05, 0.1) is 26.5 Å². The van der Waals surface area contributed by atoms with Gasteiger partial charge in [0.15, 0.2) is 8.32 Å². The van der Waals surface area contributed by atoms with Gasteiger partial charge in [-0.25, -0.2) is 0 Å². The molecule has 0 radical (unpaired) electrons. The average Bonchev–Trinajstić information content (AvgIpc) is 3.02. The molecule has 1 aliphatic rings. The van der Waals surface area contributed by atoms with Gasteiger partial charge in [0.2, 0.25) is 8.32 Å². The Labute approximate surface area is 171 Å². The maximum Gasteiger partial charge on any atom is 0.222 e. The number of aliphatic hydroxyl groups excluding tert-OH is 1. The average molecular weight is 435 g/mol. The monoisotopic (exact) mass is 434 g/mol. The summed E-state index contributed by atoms with van der Waals surface area (Å²) in [5.74, 6) is 0. The highest BCUT2D eigenvalue weighted by molar-refractivity contribution is 6.89. The van der Waals surface area contributed by atoms with Crippen LogP contribution < -0.4 is 0 Å². The van der Waals surface area contributed by atoms with Crippen molar-refractivity contribution in [2.24, 2.45) is 0 Å². The van der Waals surface area contributed by atoms with Gasteiger partial charge in [-0.2, -0.15) is 0 Å². The van der Waals surface area contributed by atoms with Crippen LogP contribution in [-0.4, -0.2) is 60.1 Å². The molecule has 0 spiro atoms. The third-order valence-corrected chi connectivity index (χ3v) is 19.1. The van der Waals surface area contributed by atoms with Crippen LogP contribution in [0.4, 0.5) is 0 Å². The van der Waals surface area contributed by atoms with Crippen molar-refractivity contribution in [1.82, 2.24) is 0 Å². The molecule has 1 fully saturated rings. The molecule has 0 aromatic heterocycles. The zero-order valence-electron chi connectivity index (χ0n) is 19.5. The summed E-state index contributed by atoms with van der Waals surface area (Å²) < 4.78 is 19.2. The van der Waals surface area contributed by atoms with Gasteiger partial charge in [-0.05, 0) is 58.9 Å². The molecule has 0 aromatic rings. The van der Waals surface area contributed by atoms with Crippen LogP contribution in [0.3, 0.4) is 0 Å². The summed E-state index contributed by atoms with van der Waals surface area (Å²) in [5, 5.41) is 8.77. The maximum atomic E-state index is 8.83. The molecule has 0 aromatic carbocycles. The Bertz CT molecular complexity index is 470. The largest absolute Gasteiger partial charge is 0.412 e. The van der Waals surface area contributed by atoms with E-state index < -0.39 is 24.7 Å². The first-order valence-corrected chi connectivity index (χ1v) is 19.8. The van der Waals surface area contributed by atoms with Crippen LogP contribution in [0.1, 0.15) is 47.0 Å². The first-order valence-electron chi connectivity index (χ1n) is 10.8. The van der Waals surface area contributed by atoms with Crippen LogP contribution in [0.5, 0.6) is 0 Å². The minimum absolute atomic E-state index is 0.00243. The molecule has 2 unspecified atom stereocenters. The van der Waals surface area contributed by atoms with E-state index in [1.54, 1.807) is 0 Å². The van der Waals surface area contributed by atoms with Crippen LogP contribution in [0.25, 0.3) is 0 Å². The third kappa shape index (κ3) is 7.04. The van der Waals surface area contributed by atoms with Gasteiger partial charge in [0.25, 0.3) is 0 Å². The molecule has 4 nitrogen and oxygen atoms in total. The van der Waals surface area contributed by atoms with Crippen LogP contribution in [0, 0.1) is 0 Å². The van der Waals surface area contributed by atoms with E-state index in [4.69, 9.17) is 18.7 Å². The second-order valence-corrected chi connectivity index (χ2v) is 24.3. The number of unbranched alkanes of at least 4 members (excludes halogenated alkanes) is 1. The minimum Gasteiger partial charge on any atom is -0.412 e. The molecule has 1 saturated heterocycles. The van der Waals surface area contributed by atoms with E-state index in [1.165, 1.54) is 24.9 Å². The number of ether oxygens (including phenoxy) is 1. The Kier molecular flexibility index (Phi) is 9.01. The zero-order chi connectivity index (χ0) is 21.0. The van der Waals surface area contributed by atoms with E-state index in [0.29, 0.717) is 6.61 Å². The SMILES string of the molecule is CCCC[Si](C)(C)OC1(C)C[Si]1(C)OC(C)(C)[Si](C)(C)CCCOCCO. The molecule has 0 amide bonds. The lowest BCUT2D eigenvalue weighted by Crippen LogP contribution is -2.56. The topological polar surface area (TPSA) is 47.9 Å². The molecular formula is C20H46O4Si3. The lowest BCUT2D eigenvalue weighted by molar-refractivity contribution is 0.0920. The number of hydrogen-bond donors (Lipinski definition) is 1. The summed E-state index contributed by atoms with van der Waals surface area (Å²) in [6.07, 6.45) is 3.57. The number of aliphatic hydroxyl groups is 1. The molecule has 7 heteroatoms. The summed E-state index contributed by atoms with van der Waals surface area (Å²) in [4.78, 5) is 0. The van der Waals surface area contributed by atoms with E-state index in [2.05, 4.69) is 60.4 Å². The maximum absolute atomic E-state index is 8.83. The lowest BCUT2D eigenvalue weighted by atomic mass is 10.4. The van der Waals surface area contributed by atoms with Crippen LogP contribution in [0.2, 0.25) is 50.9 Å². The standard InChI is InChI=1S/C20H46O4Si3/c1-10-11-17-26(7,8)24-20(4)18-27(20,9)23-19(2,3)25(5,6)16-12-14-22-15-13-21/h21H,10-18H2,1-9H3. The van der Waals surface area contributed by atoms with Gasteiger partial charge in [0, 0.05) is 11.8 Å². The van der Waals surface area contributed by atoms with Crippen molar-refractivity contribution >= 4 is 24.7 Å². The van der Waals surface area contributed by atoms with Gasteiger partial charge in [-0.3, -0.25) is 0 Å². The summed E-state index contributed by atoms with van der Waals surface area (Å²) in [6.45, 7) is 22.5. The highest BCUT2D eigenvalue weighted by atomic mass is 28.4. The second kappa shape index (κ2) is 9.53. The van der Waals surface area contributed by atoms with Crippen molar-refractivity contribution in [3.8, 4) is 0 Å². The van der Waals surface area contributed by atoms with Crippen molar-refractivity contribution in [3.05, 3.63) is 0 Å². The summed E-state index contributed by atoms with van der Waals surface area (Å²) in [5.41, 5.74) is 0. The molecule has 2 atom stereocenters. The number of hydrogen-bond acceptors (Lipinski definition) is 4. The molecule has 0 saturated carbocycles. The molecule has 0 aliphatic carbocycles. The molecular weight excluding hydrogens is 388 g/mol. The van der Waals surface area contributed by atoms with Gasteiger partial charge in [0.1, 0.15) is 0 Å². The molecule has 1 rings (SSSR count). The van der Waals surface area contributed by atoms with Gasteiger partial charge in [-0.15, -0.1) is 0 Å². The summed E-state index contributed by atoms with van der Waals surface area (Å²) >= 11 is 0. The predicted molar refractivity (Wildman–Crippen MR) is 123 cm³/mol. The highest BCUT2D eigenvalue weighted by Crippen LogP contribution is 2.54. The molecule has 1 N–H and O–H groups in total. The van der Waals surface area contributed by atoms with Crippen LogP contribution in [0.15, 0.2) is 0 Å². The van der Waals surface area contributed by atoms with Gasteiger partial charge < -0.3 is 18.7 Å². The fraction of sp³-hybridized carbons (Fsp3) is 1.00. The van der Waals surface area contributed by atoms with E-state index >= 15 is 0 Å². The van der Waals surface area contributed by atoms with Crippen molar-refractivity contribution in [2.45, 2.75) is 108 Å². The quantitative estimate of drug-likeness (QED) is 0.296. The Morgan fingerprint density at radius 3 is 2.26 bits per heavy atom. The first kappa shape index (κ1) is 25.5. The first-order chi connectivity index (χ1) is 12.2. The third-order valence-electron chi connectivity index (χ3n) is 6.74. The van der Waals surface area contributed by atoms with Crippen molar-refractivity contribution in [2.75, 3.05) is 19.8 Å². The van der Waals surface area contributed by atoms with Crippen molar-refractivity contribution in [3.63, 3.8) is 0 Å². The fourth-order valence-electron chi connectivity index (χ4n) is 3.94. The van der Waals surface area contributed by atoms with Gasteiger partial charge >= 0.3 is 0 Å². The smallest absolute Gasteiger partial charge is 0.222 e. The minimum atomic E-state index is -1.83. The molecule has 0 bridgehead atoms. The fourth-order valence-corrected chi connectivity index (χ4v) is 15.2. The summed E-state index contributed by atoms with van der Waals surface area (Å²) in [6, 6.07) is 3.57. The van der Waals surface area contributed by atoms with Crippen LogP contribution in [-0.2, 0) is 13.6 Å². The highest BCUT2D eigenvalue weighted by Gasteiger charge is 2.70. The Morgan fingerprint density at radius 1 is 1.07 bits per heavy atom.